The molecule has 1 fully saturated rings. The minimum absolute atomic E-state index is 0.239. The summed E-state index contributed by atoms with van der Waals surface area (Å²) >= 11 is 1.59. The van der Waals surface area contributed by atoms with Crippen LogP contribution in [0.5, 0.6) is 0 Å². The zero-order valence-corrected chi connectivity index (χ0v) is 11.6. The van der Waals surface area contributed by atoms with E-state index in [1.807, 2.05) is 24.4 Å². The maximum Gasteiger partial charge on any atom is 0.268 e. The highest BCUT2D eigenvalue weighted by Gasteiger charge is 2.26. The zero-order valence-electron chi connectivity index (χ0n) is 10.8. The Bertz CT molecular complexity index is 524. The van der Waals surface area contributed by atoms with Crippen molar-refractivity contribution in [2.45, 2.75) is 26.0 Å². The minimum atomic E-state index is -0.239. The van der Waals surface area contributed by atoms with Crippen molar-refractivity contribution in [2.75, 3.05) is 13.1 Å². The maximum atomic E-state index is 9.59. The molecule has 1 aliphatic rings. The maximum absolute atomic E-state index is 9.59. The van der Waals surface area contributed by atoms with Crippen LogP contribution < -0.4 is 0 Å². The molecule has 1 N–H and O–H groups in total. The highest BCUT2D eigenvalue weighted by atomic mass is 32.1. The molecule has 2 aromatic heterocycles. The van der Waals surface area contributed by atoms with E-state index >= 15 is 0 Å². The molecular weight excluding hydrogens is 262 g/mol. The van der Waals surface area contributed by atoms with Gasteiger partial charge in [-0.25, -0.2) is 0 Å². The van der Waals surface area contributed by atoms with Crippen molar-refractivity contribution in [1.82, 2.24) is 15.0 Å². The molecule has 0 saturated carbocycles. The van der Waals surface area contributed by atoms with E-state index in [0.717, 1.165) is 30.2 Å². The topological polar surface area (TPSA) is 62.4 Å². The van der Waals surface area contributed by atoms with Crippen molar-refractivity contribution >= 4 is 11.3 Å². The number of rotatable bonds is 4. The Morgan fingerprint density at radius 1 is 1.63 bits per heavy atom. The van der Waals surface area contributed by atoms with Crippen LogP contribution in [-0.2, 0) is 6.54 Å². The van der Waals surface area contributed by atoms with Crippen molar-refractivity contribution in [3.8, 4) is 10.8 Å². The molecule has 0 spiro atoms. The predicted octanol–water partition coefficient (Wildman–Crippen LogP) is 2.00. The summed E-state index contributed by atoms with van der Waals surface area (Å²) in [6.07, 6.45) is 0.796. The second-order valence-corrected chi connectivity index (χ2v) is 5.97. The van der Waals surface area contributed by atoms with Gasteiger partial charge in [0, 0.05) is 6.54 Å². The molecule has 19 heavy (non-hydrogen) atoms. The number of aliphatic hydroxyl groups excluding tert-OH is 1. The summed E-state index contributed by atoms with van der Waals surface area (Å²) in [4.78, 5) is 7.68. The molecule has 0 amide bonds. The average molecular weight is 279 g/mol. The van der Waals surface area contributed by atoms with Gasteiger partial charge in [-0.2, -0.15) is 4.98 Å². The average Bonchev–Trinajstić information content (AvgIpc) is 3.09. The largest absolute Gasteiger partial charge is 0.393 e. The lowest BCUT2D eigenvalue weighted by Crippen LogP contribution is -2.24. The van der Waals surface area contributed by atoms with Crippen molar-refractivity contribution < 1.29 is 9.63 Å². The predicted molar refractivity (Wildman–Crippen MR) is 72.7 cm³/mol. The number of nitrogens with zero attached hydrogens (tertiary/aromatic N) is 3. The molecule has 0 radical (unpaired) electrons. The third-order valence-corrected chi connectivity index (χ3v) is 4.41. The van der Waals surface area contributed by atoms with E-state index < -0.39 is 0 Å². The lowest BCUT2D eigenvalue weighted by molar-refractivity contribution is 0.127. The Kier molecular flexibility index (Phi) is 3.63. The molecule has 1 aliphatic heterocycles. The molecule has 5 nitrogen and oxygen atoms in total. The first-order valence-corrected chi connectivity index (χ1v) is 7.37. The first-order valence-electron chi connectivity index (χ1n) is 6.49. The van der Waals surface area contributed by atoms with E-state index in [0.29, 0.717) is 18.4 Å². The van der Waals surface area contributed by atoms with Gasteiger partial charge < -0.3 is 9.63 Å². The van der Waals surface area contributed by atoms with Gasteiger partial charge in [0.05, 0.1) is 17.5 Å². The number of aliphatic hydroxyl groups is 1. The Labute approximate surface area is 115 Å². The first-order chi connectivity index (χ1) is 9.22. The molecule has 3 rings (SSSR count). The Balaban J connectivity index is 1.62. The molecule has 1 saturated heterocycles. The van der Waals surface area contributed by atoms with E-state index in [1.165, 1.54) is 0 Å². The number of hydrogen-bond donors (Lipinski definition) is 1. The summed E-state index contributed by atoms with van der Waals surface area (Å²) in [5.74, 6) is 1.68. The quantitative estimate of drug-likeness (QED) is 0.927. The molecule has 2 unspecified atom stereocenters. The van der Waals surface area contributed by atoms with Crippen LogP contribution in [0.2, 0.25) is 0 Å². The standard InChI is InChI=1S/C13H17N3O2S/c1-9(17)10-4-5-16(7-10)8-12-14-13(18-15-12)11-3-2-6-19-11/h2-3,6,9-10,17H,4-5,7-8H2,1H3. The molecule has 0 aromatic carbocycles. The lowest BCUT2D eigenvalue weighted by Gasteiger charge is -2.15. The zero-order chi connectivity index (χ0) is 13.2. The highest BCUT2D eigenvalue weighted by Crippen LogP contribution is 2.24. The van der Waals surface area contributed by atoms with Crippen LogP contribution in [0.25, 0.3) is 10.8 Å². The van der Waals surface area contributed by atoms with Crippen molar-refractivity contribution in [1.29, 1.82) is 0 Å². The fourth-order valence-corrected chi connectivity index (χ4v) is 3.06. The molecule has 3 heterocycles. The molecule has 2 atom stereocenters. The monoisotopic (exact) mass is 279 g/mol. The Hall–Kier alpha value is -1.24. The van der Waals surface area contributed by atoms with Crippen molar-refractivity contribution in [3.63, 3.8) is 0 Å². The molecule has 2 aromatic rings. The van der Waals surface area contributed by atoms with Crippen molar-refractivity contribution in [3.05, 3.63) is 23.3 Å². The van der Waals surface area contributed by atoms with Gasteiger partial charge in [-0.3, -0.25) is 4.90 Å². The van der Waals surface area contributed by atoms with Crippen LogP contribution in [0.15, 0.2) is 22.0 Å². The third-order valence-electron chi connectivity index (χ3n) is 3.56. The fraction of sp³-hybridized carbons (Fsp3) is 0.538. The molecule has 0 bridgehead atoms. The summed E-state index contributed by atoms with van der Waals surface area (Å²) in [5.41, 5.74) is 0. The van der Waals surface area contributed by atoms with Crippen LogP contribution in [0.3, 0.4) is 0 Å². The number of aromatic nitrogens is 2. The summed E-state index contributed by atoms with van der Waals surface area (Å²) < 4.78 is 5.27. The smallest absolute Gasteiger partial charge is 0.268 e. The highest BCUT2D eigenvalue weighted by molar-refractivity contribution is 7.13. The van der Waals surface area contributed by atoms with Gasteiger partial charge >= 0.3 is 0 Å². The van der Waals surface area contributed by atoms with Crippen LogP contribution in [0.4, 0.5) is 0 Å². The molecule has 6 heteroatoms. The normalized spacial score (nSPS) is 21.9. The minimum Gasteiger partial charge on any atom is -0.393 e. The van der Waals surface area contributed by atoms with Gasteiger partial charge in [-0.1, -0.05) is 11.2 Å². The van der Waals surface area contributed by atoms with Gasteiger partial charge in [0.25, 0.3) is 5.89 Å². The number of thiophene rings is 1. The van der Waals surface area contributed by atoms with Gasteiger partial charge in [-0.05, 0) is 37.3 Å². The lowest BCUT2D eigenvalue weighted by atomic mass is 10.0. The van der Waals surface area contributed by atoms with Crippen LogP contribution in [0, 0.1) is 5.92 Å². The molecule has 102 valence electrons. The van der Waals surface area contributed by atoms with E-state index in [4.69, 9.17) is 4.52 Å². The van der Waals surface area contributed by atoms with E-state index in [2.05, 4.69) is 15.0 Å². The van der Waals surface area contributed by atoms with Crippen molar-refractivity contribution in [2.24, 2.45) is 5.92 Å². The Morgan fingerprint density at radius 3 is 3.21 bits per heavy atom. The van der Waals surface area contributed by atoms with Gasteiger partial charge in [0.15, 0.2) is 5.82 Å². The van der Waals surface area contributed by atoms with Gasteiger partial charge in [0.1, 0.15) is 0 Å². The summed E-state index contributed by atoms with van der Waals surface area (Å²) in [6.45, 7) is 4.44. The number of likely N-dealkylation sites (tertiary alicyclic amines) is 1. The summed E-state index contributed by atoms with van der Waals surface area (Å²) in [7, 11) is 0. The first kappa shape index (κ1) is 12.8. The fourth-order valence-electron chi connectivity index (χ4n) is 2.42. The molecular formula is C13H17N3O2S. The number of hydrogen-bond acceptors (Lipinski definition) is 6. The Morgan fingerprint density at radius 2 is 2.53 bits per heavy atom. The van der Waals surface area contributed by atoms with E-state index in [9.17, 15) is 5.11 Å². The van der Waals surface area contributed by atoms with Gasteiger partial charge in [0.2, 0.25) is 0 Å². The van der Waals surface area contributed by atoms with Crippen LogP contribution in [-0.4, -0.2) is 39.3 Å². The van der Waals surface area contributed by atoms with E-state index in [1.54, 1.807) is 11.3 Å². The summed E-state index contributed by atoms with van der Waals surface area (Å²) in [6, 6.07) is 3.94. The second-order valence-electron chi connectivity index (χ2n) is 5.02. The SMILES string of the molecule is CC(O)C1CCN(Cc2noc(-c3cccs3)n2)C1. The van der Waals surface area contributed by atoms with Gasteiger partial charge in [-0.15, -0.1) is 11.3 Å². The van der Waals surface area contributed by atoms with Crippen LogP contribution in [0.1, 0.15) is 19.2 Å². The van der Waals surface area contributed by atoms with Crippen LogP contribution >= 0.6 is 11.3 Å². The third kappa shape index (κ3) is 2.86. The molecule has 0 aliphatic carbocycles. The van der Waals surface area contributed by atoms with E-state index in [-0.39, 0.29) is 6.10 Å². The summed E-state index contributed by atoms with van der Waals surface area (Å²) in [5, 5.41) is 15.6. The second kappa shape index (κ2) is 5.40.